The highest BCUT2D eigenvalue weighted by Crippen LogP contribution is 2.25. The topological polar surface area (TPSA) is 12.0 Å². The summed E-state index contributed by atoms with van der Waals surface area (Å²) in [6, 6.07) is 0.612. The van der Waals surface area contributed by atoms with Gasteiger partial charge in [-0.1, -0.05) is 25.2 Å². The van der Waals surface area contributed by atoms with Crippen LogP contribution in [0, 0.1) is 18.3 Å². The molecule has 0 heterocycles. The molecule has 0 spiro atoms. The predicted octanol–water partition coefficient (Wildman–Crippen LogP) is 2.18. The van der Waals surface area contributed by atoms with Crippen LogP contribution in [0.2, 0.25) is 0 Å². The summed E-state index contributed by atoms with van der Waals surface area (Å²) in [7, 11) is 0. The van der Waals surface area contributed by atoms with E-state index in [-0.39, 0.29) is 0 Å². The molecule has 68 valence electrons. The lowest BCUT2D eigenvalue weighted by atomic mass is 9.84. The van der Waals surface area contributed by atoms with Gasteiger partial charge in [0.15, 0.2) is 0 Å². The van der Waals surface area contributed by atoms with Gasteiger partial charge in [0.1, 0.15) is 0 Å². The second kappa shape index (κ2) is 5.22. The van der Waals surface area contributed by atoms with Crippen molar-refractivity contribution >= 4 is 0 Å². The molecular formula is C11H19N. The maximum Gasteiger partial charge on any atom is 0.0575 e. The van der Waals surface area contributed by atoms with Crippen LogP contribution in [0.4, 0.5) is 0 Å². The minimum absolute atomic E-state index is 0.612. The van der Waals surface area contributed by atoms with E-state index in [9.17, 15) is 0 Å². The molecule has 0 aromatic rings. The molecule has 0 aliphatic heterocycles. The molecule has 0 aromatic carbocycles. The molecule has 0 bridgehead atoms. The molecule has 0 saturated heterocycles. The van der Waals surface area contributed by atoms with Gasteiger partial charge in [-0.3, -0.25) is 0 Å². The van der Waals surface area contributed by atoms with Gasteiger partial charge in [0, 0.05) is 6.04 Å². The van der Waals surface area contributed by atoms with Gasteiger partial charge in [0.2, 0.25) is 0 Å². The van der Waals surface area contributed by atoms with Crippen molar-refractivity contribution in [1.29, 1.82) is 0 Å². The summed E-state index contributed by atoms with van der Waals surface area (Å²) >= 11 is 0. The summed E-state index contributed by atoms with van der Waals surface area (Å²) in [4.78, 5) is 0. The molecule has 1 saturated carbocycles. The van der Waals surface area contributed by atoms with Crippen molar-refractivity contribution in [2.45, 2.75) is 45.1 Å². The molecule has 1 fully saturated rings. The van der Waals surface area contributed by atoms with E-state index >= 15 is 0 Å². The number of terminal acetylenes is 1. The fraction of sp³-hybridized carbons (Fsp3) is 0.818. The first-order valence-corrected chi connectivity index (χ1v) is 5.01. The Balaban J connectivity index is 2.21. The van der Waals surface area contributed by atoms with Gasteiger partial charge in [-0.25, -0.2) is 0 Å². The molecule has 1 N–H and O–H groups in total. The van der Waals surface area contributed by atoms with Crippen LogP contribution in [0.15, 0.2) is 0 Å². The Hall–Kier alpha value is -0.480. The minimum atomic E-state index is 0.612. The minimum Gasteiger partial charge on any atom is -0.303 e. The first-order chi connectivity index (χ1) is 5.84. The van der Waals surface area contributed by atoms with E-state index in [0.717, 1.165) is 12.5 Å². The van der Waals surface area contributed by atoms with E-state index in [1.165, 1.54) is 32.1 Å². The highest BCUT2D eigenvalue weighted by molar-refractivity contribution is 4.89. The van der Waals surface area contributed by atoms with Crippen LogP contribution in [0.25, 0.3) is 0 Å². The average Bonchev–Trinajstić information content (AvgIpc) is 2.15. The number of rotatable bonds is 3. The maximum absolute atomic E-state index is 5.19. The monoisotopic (exact) mass is 165 g/mol. The van der Waals surface area contributed by atoms with Crippen molar-refractivity contribution in [3.63, 3.8) is 0 Å². The molecule has 1 atom stereocenters. The highest BCUT2D eigenvalue weighted by Gasteiger charge is 2.18. The first-order valence-electron chi connectivity index (χ1n) is 5.01. The fourth-order valence-corrected chi connectivity index (χ4v) is 2.02. The lowest BCUT2D eigenvalue weighted by Crippen LogP contribution is -2.34. The Kier molecular flexibility index (Phi) is 4.18. The van der Waals surface area contributed by atoms with Crippen molar-refractivity contribution in [1.82, 2.24) is 5.32 Å². The molecule has 1 nitrogen and oxygen atoms in total. The summed E-state index contributed by atoms with van der Waals surface area (Å²) in [5.41, 5.74) is 0. The van der Waals surface area contributed by atoms with Gasteiger partial charge < -0.3 is 5.32 Å². The van der Waals surface area contributed by atoms with Crippen LogP contribution in [-0.4, -0.2) is 12.6 Å². The Bertz CT molecular complexity index is 151. The van der Waals surface area contributed by atoms with E-state index < -0.39 is 0 Å². The normalized spacial score (nSPS) is 21.7. The quantitative estimate of drug-likeness (QED) is 0.632. The lowest BCUT2D eigenvalue weighted by Gasteiger charge is -2.27. The number of hydrogen-bond donors (Lipinski definition) is 1. The van der Waals surface area contributed by atoms with Gasteiger partial charge in [0.05, 0.1) is 6.54 Å². The van der Waals surface area contributed by atoms with E-state index in [1.54, 1.807) is 0 Å². The van der Waals surface area contributed by atoms with Crippen LogP contribution in [0.5, 0.6) is 0 Å². The Morgan fingerprint density at radius 1 is 1.42 bits per heavy atom. The molecular weight excluding hydrogens is 146 g/mol. The summed E-state index contributed by atoms with van der Waals surface area (Å²) < 4.78 is 0. The summed E-state index contributed by atoms with van der Waals surface area (Å²) in [6.45, 7) is 2.98. The maximum atomic E-state index is 5.19. The van der Waals surface area contributed by atoms with Crippen molar-refractivity contribution in [2.24, 2.45) is 5.92 Å². The molecule has 12 heavy (non-hydrogen) atoms. The summed E-state index contributed by atoms with van der Waals surface area (Å²) in [5, 5.41) is 3.37. The first kappa shape index (κ1) is 9.61. The summed E-state index contributed by atoms with van der Waals surface area (Å²) in [5.74, 6) is 3.49. The lowest BCUT2D eigenvalue weighted by molar-refractivity contribution is 0.287. The molecule has 0 radical (unpaired) electrons. The Morgan fingerprint density at radius 2 is 2.08 bits per heavy atom. The van der Waals surface area contributed by atoms with Gasteiger partial charge in [0.25, 0.3) is 0 Å². The largest absolute Gasteiger partial charge is 0.303 e. The van der Waals surface area contributed by atoms with Gasteiger partial charge in [-0.05, 0) is 25.7 Å². The second-order valence-electron chi connectivity index (χ2n) is 3.77. The van der Waals surface area contributed by atoms with Gasteiger partial charge >= 0.3 is 0 Å². The zero-order valence-corrected chi connectivity index (χ0v) is 7.97. The SMILES string of the molecule is C#CCN[C@H](C)C1CCCCC1. The van der Waals surface area contributed by atoms with E-state index in [2.05, 4.69) is 18.2 Å². The van der Waals surface area contributed by atoms with Crippen LogP contribution in [0.3, 0.4) is 0 Å². The van der Waals surface area contributed by atoms with Crippen LogP contribution in [-0.2, 0) is 0 Å². The van der Waals surface area contributed by atoms with Gasteiger partial charge in [-0.15, -0.1) is 6.42 Å². The molecule has 1 heteroatoms. The second-order valence-corrected chi connectivity index (χ2v) is 3.77. The number of nitrogens with one attached hydrogen (secondary N) is 1. The molecule has 0 amide bonds. The molecule has 1 rings (SSSR count). The van der Waals surface area contributed by atoms with Crippen molar-refractivity contribution < 1.29 is 0 Å². The smallest absolute Gasteiger partial charge is 0.0575 e. The van der Waals surface area contributed by atoms with Crippen LogP contribution < -0.4 is 5.32 Å². The molecule has 0 unspecified atom stereocenters. The highest BCUT2D eigenvalue weighted by atomic mass is 14.9. The third kappa shape index (κ3) is 2.87. The third-order valence-electron chi connectivity index (χ3n) is 2.88. The standard InChI is InChI=1S/C11H19N/c1-3-9-12-10(2)11-7-5-4-6-8-11/h1,10-12H,4-9H2,2H3/t10-/m1/s1. The Labute approximate surface area is 75.9 Å². The van der Waals surface area contributed by atoms with Crippen LogP contribution >= 0.6 is 0 Å². The van der Waals surface area contributed by atoms with E-state index in [4.69, 9.17) is 6.42 Å². The van der Waals surface area contributed by atoms with Crippen LogP contribution in [0.1, 0.15) is 39.0 Å². The third-order valence-corrected chi connectivity index (χ3v) is 2.88. The van der Waals surface area contributed by atoms with Gasteiger partial charge in [-0.2, -0.15) is 0 Å². The Morgan fingerprint density at radius 3 is 2.67 bits per heavy atom. The zero-order chi connectivity index (χ0) is 8.81. The molecule has 0 aromatic heterocycles. The van der Waals surface area contributed by atoms with Crippen molar-refractivity contribution in [3.05, 3.63) is 0 Å². The van der Waals surface area contributed by atoms with E-state index in [0.29, 0.717) is 6.04 Å². The van der Waals surface area contributed by atoms with Crippen molar-refractivity contribution in [3.8, 4) is 12.3 Å². The molecule has 1 aliphatic carbocycles. The van der Waals surface area contributed by atoms with E-state index in [1.807, 2.05) is 0 Å². The zero-order valence-electron chi connectivity index (χ0n) is 7.97. The van der Waals surface area contributed by atoms with Crippen molar-refractivity contribution in [2.75, 3.05) is 6.54 Å². The predicted molar refractivity (Wildman–Crippen MR) is 52.9 cm³/mol. The average molecular weight is 165 g/mol. The fourth-order valence-electron chi connectivity index (χ4n) is 2.02. The number of hydrogen-bond acceptors (Lipinski definition) is 1. The molecule has 1 aliphatic rings. The summed E-state index contributed by atoms with van der Waals surface area (Å²) in [6.07, 6.45) is 12.2.